The monoisotopic (exact) mass is 390 g/mol. The summed E-state index contributed by atoms with van der Waals surface area (Å²) in [5, 5.41) is 72.2. The van der Waals surface area contributed by atoms with Gasteiger partial charge in [-0.15, -0.1) is 0 Å². The molecule has 0 aromatic carbocycles. The molecule has 0 fully saturated rings. The largest absolute Gasteiger partial charge is 0.481 e. The van der Waals surface area contributed by atoms with Gasteiger partial charge in [-0.25, -0.2) is 0 Å². The molecule has 11 heteroatoms. The number of hydrogen-bond donors (Lipinski definition) is 9. The van der Waals surface area contributed by atoms with Crippen LogP contribution in [-0.2, 0) is 9.59 Å². The standard InChI is InChI=1S/C4H6O4.2C4H10O2.C3H8O3/c5-3(6)1-2-4(7)8;2*1-2-3-4(5)6;4-1-3(6)2-5/h1-2H2,(H,5,6)(H,7,8);2*4-6H,2-3H2,1H3;3-6H,1-2H2. The molecule has 160 valence electrons. The molecule has 11 nitrogen and oxygen atoms in total. The van der Waals surface area contributed by atoms with Crippen LogP contribution in [0.25, 0.3) is 0 Å². The predicted octanol–water partition coefficient (Wildman–Crippen LogP) is -1.54. The van der Waals surface area contributed by atoms with Gasteiger partial charge in [0.1, 0.15) is 6.10 Å². The number of aliphatic hydroxyl groups is 7. The normalized spacial score (nSPS) is 9.54. The molecule has 0 atom stereocenters. The molecule has 0 amide bonds. The minimum atomic E-state index is -1.10. The number of carboxylic acid groups (broad SMARTS) is 2. The van der Waals surface area contributed by atoms with E-state index in [2.05, 4.69) is 0 Å². The Morgan fingerprint density at radius 3 is 1.00 bits per heavy atom. The summed E-state index contributed by atoms with van der Waals surface area (Å²) in [7, 11) is 0. The Morgan fingerprint density at radius 2 is 0.962 bits per heavy atom. The summed E-state index contributed by atoms with van der Waals surface area (Å²) < 4.78 is 0. The van der Waals surface area contributed by atoms with Crippen LogP contribution >= 0.6 is 0 Å². The quantitative estimate of drug-likeness (QED) is 0.205. The Bertz CT molecular complexity index is 267. The van der Waals surface area contributed by atoms with Gasteiger partial charge in [0.2, 0.25) is 0 Å². The summed E-state index contributed by atoms with van der Waals surface area (Å²) in [5.74, 6) is -2.15. The summed E-state index contributed by atoms with van der Waals surface area (Å²) in [6, 6.07) is 0. The smallest absolute Gasteiger partial charge is 0.303 e. The second kappa shape index (κ2) is 25.9. The average Bonchev–Trinajstić information content (AvgIpc) is 2.53. The van der Waals surface area contributed by atoms with Crippen molar-refractivity contribution in [3.05, 3.63) is 0 Å². The Kier molecular flexibility index (Phi) is 32.2. The molecule has 0 unspecified atom stereocenters. The molecule has 0 saturated carbocycles. The Labute approximate surface area is 152 Å². The van der Waals surface area contributed by atoms with Crippen molar-refractivity contribution in [1.82, 2.24) is 0 Å². The number of aliphatic carboxylic acids is 2. The summed E-state index contributed by atoms with van der Waals surface area (Å²) >= 11 is 0. The SMILES string of the molecule is CCCC(O)O.CCCC(O)O.O=C(O)CCC(=O)O.OCC(O)CO. The highest BCUT2D eigenvalue weighted by Gasteiger charge is 2.00. The lowest BCUT2D eigenvalue weighted by molar-refractivity contribution is -0.143. The molecule has 0 aliphatic heterocycles. The van der Waals surface area contributed by atoms with Gasteiger partial charge in [0, 0.05) is 0 Å². The number of aliphatic hydroxyl groups excluding tert-OH is 5. The summed E-state index contributed by atoms with van der Waals surface area (Å²) in [4.78, 5) is 19.3. The maximum Gasteiger partial charge on any atom is 0.303 e. The van der Waals surface area contributed by atoms with Gasteiger partial charge in [0.25, 0.3) is 0 Å². The molecule has 26 heavy (non-hydrogen) atoms. The fourth-order valence-electron chi connectivity index (χ4n) is 0.788. The summed E-state index contributed by atoms with van der Waals surface area (Å²) in [6.45, 7) is 3.08. The van der Waals surface area contributed by atoms with Crippen LogP contribution < -0.4 is 0 Å². The van der Waals surface area contributed by atoms with Crippen molar-refractivity contribution in [3.63, 3.8) is 0 Å². The van der Waals surface area contributed by atoms with E-state index in [1.807, 2.05) is 13.8 Å². The van der Waals surface area contributed by atoms with Crippen LogP contribution in [0.2, 0.25) is 0 Å². The fraction of sp³-hybridized carbons (Fsp3) is 0.867. The molecular formula is C15H34O11. The van der Waals surface area contributed by atoms with E-state index in [4.69, 9.17) is 46.0 Å². The molecule has 9 N–H and O–H groups in total. The average molecular weight is 390 g/mol. The van der Waals surface area contributed by atoms with E-state index in [0.717, 1.165) is 12.8 Å². The third-order valence-corrected chi connectivity index (χ3v) is 2.07. The number of rotatable bonds is 9. The second-order valence-electron chi connectivity index (χ2n) is 4.85. The van der Waals surface area contributed by atoms with Crippen LogP contribution in [0.5, 0.6) is 0 Å². The van der Waals surface area contributed by atoms with Crippen molar-refractivity contribution in [3.8, 4) is 0 Å². The third-order valence-electron chi connectivity index (χ3n) is 2.07. The predicted molar refractivity (Wildman–Crippen MR) is 91.0 cm³/mol. The van der Waals surface area contributed by atoms with Gasteiger partial charge in [-0.3, -0.25) is 9.59 Å². The van der Waals surface area contributed by atoms with Crippen LogP contribution in [0.4, 0.5) is 0 Å². The van der Waals surface area contributed by atoms with Gasteiger partial charge in [-0.2, -0.15) is 0 Å². The zero-order valence-electron chi connectivity index (χ0n) is 15.2. The van der Waals surface area contributed by atoms with E-state index in [0.29, 0.717) is 12.8 Å². The minimum Gasteiger partial charge on any atom is -0.481 e. The van der Waals surface area contributed by atoms with Gasteiger partial charge in [0.05, 0.1) is 26.1 Å². The van der Waals surface area contributed by atoms with Crippen LogP contribution in [0, 0.1) is 0 Å². The maximum atomic E-state index is 9.64. The van der Waals surface area contributed by atoms with Crippen LogP contribution in [0.15, 0.2) is 0 Å². The van der Waals surface area contributed by atoms with Crippen molar-refractivity contribution in [2.75, 3.05) is 13.2 Å². The topological polar surface area (TPSA) is 216 Å². The van der Waals surface area contributed by atoms with Gasteiger partial charge in [-0.05, 0) is 12.8 Å². The molecule has 0 aliphatic carbocycles. The van der Waals surface area contributed by atoms with Crippen LogP contribution in [0.1, 0.15) is 52.4 Å². The fourth-order valence-corrected chi connectivity index (χ4v) is 0.788. The first-order chi connectivity index (χ1) is 12.0. The highest BCUT2D eigenvalue weighted by atomic mass is 16.5. The first-order valence-electron chi connectivity index (χ1n) is 8.03. The zero-order chi connectivity index (χ0) is 21.5. The van der Waals surface area contributed by atoms with Crippen molar-refractivity contribution in [2.45, 2.75) is 71.1 Å². The Balaban J connectivity index is -0.000000125. The first kappa shape index (κ1) is 32.3. The Morgan fingerprint density at radius 1 is 0.692 bits per heavy atom. The lowest BCUT2D eigenvalue weighted by Crippen LogP contribution is -2.15. The minimum absolute atomic E-state index is 0.296. The van der Waals surface area contributed by atoms with Crippen molar-refractivity contribution < 1.29 is 55.5 Å². The van der Waals surface area contributed by atoms with Gasteiger partial charge in [0.15, 0.2) is 12.6 Å². The Hall–Kier alpha value is -1.34. The molecule has 0 rings (SSSR count). The highest BCUT2D eigenvalue weighted by molar-refractivity contribution is 5.75. The van der Waals surface area contributed by atoms with E-state index in [1.54, 1.807) is 0 Å². The van der Waals surface area contributed by atoms with Crippen molar-refractivity contribution >= 4 is 11.9 Å². The van der Waals surface area contributed by atoms with Gasteiger partial charge in [-0.1, -0.05) is 26.7 Å². The third kappa shape index (κ3) is 57.0. The van der Waals surface area contributed by atoms with Gasteiger partial charge < -0.3 is 46.0 Å². The summed E-state index contributed by atoms with van der Waals surface area (Å²) in [6.07, 6.45) is -1.12. The molecule has 0 saturated heterocycles. The molecule has 0 aromatic rings. The number of hydrogen-bond acceptors (Lipinski definition) is 9. The van der Waals surface area contributed by atoms with Crippen molar-refractivity contribution in [2.24, 2.45) is 0 Å². The van der Waals surface area contributed by atoms with Crippen LogP contribution in [-0.4, -0.2) is 89.8 Å². The van der Waals surface area contributed by atoms with Crippen LogP contribution in [0.3, 0.4) is 0 Å². The maximum absolute atomic E-state index is 9.64. The lowest BCUT2D eigenvalue weighted by atomic mass is 10.3. The number of carbonyl (C=O) groups is 2. The van der Waals surface area contributed by atoms with E-state index in [1.165, 1.54) is 0 Å². The molecular weight excluding hydrogens is 356 g/mol. The van der Waals surface area contributed by atoms with E-state index in [-0.39, 0.29) is 26.1 Å². The molecule has 0 spiro atoms. The van der Waals surface area contributed by atoms with Gasteiger partial charge >= 0.3 is 11.9 Å². The molecule has 0 aromatic heterocycles. The van der Waals surface area contributed by atoms with E-state index >= 15 is 0 Å². The van der Waals surface area contributed by atoms with E-state index < -0.39 is 30.6 Å². The number of carboxylic acids is 2. The molecule has 0 radical (unpaired) electrons. The zero-order valence-corrected chi connectivity index (χ0v) is 15.2. The van der Waals surface area contributed by atoms with Crippen molar-refractivity contribution in [1.29, 1.82) is 0 Å². The lowest BCUT2D eigenvalue weighted by Gasteiger charge is -1.96. The first-order valence-corrected chi connectivity index (χ1v) is 8.03. The van der Waals surface area contributed by atoms with E-state index in [9.17, 15) is 9.59 Å². The highest BCUT2D eigenvalue weighted by Crippen LogP contribution is 1.89. The molecule has 0 heterocycles. The second-order valence-corrected chi connectivity index (χ2v) is 4.85. The molecule has 0 bridgehead atoms. The molecule has 0 aliphatic rings. The summed E-state index contributed by atoms with van der Waals surface area (Å²) in [5.41, 5.74) is 0.